The summed E-state index contributed by atoms with van der Waals surface area (Å²) < 4.78 is 11.7. The van der Waals surface area contributed by atoms with Crippen molar-refractivity contribution in [2.45, 2.75) is 13.8 Å². The van der Waals surface area contributed by atoms with E-state index in [9.17, 15) is 9.59 Å². The molecular weight excluding hydrogens is 482 g/mol. The number of thiocarbonyl (C=S) groups is 1. The molecular formula is C22H24BrN3O4S. The first-order valence-corrected chi connectivity index (χ1v) is 11.0. The summed E-state index contributed by atoms with van der Waals surface area (Å²) in [7, 11) is 0. The van der Waals surface area contributed by atoms with Gasteiger partial charge in [-0.15, -0.1) is 0 Å². The summed E-state index contributed by atoms with van der Waals surface area (Å²) in [6.07, 6.45) is 0. The topological polar surface area (TPSA) is 79.9 Å². The first-order valence-electron chi connectivity index (χ1n) is 9.81. The van der Waals surface area contributed by atoms with Gasteiger partial charge < -0.3 is 19.7 Å². The fraction of sp³-hybridized carbons (Fsp3) is 0.318. The summed E-state index contributed by atoms with van der Waals surface area (Å²) in [4.78, 5) is 26.4. The highest BCUT2D eigenvalue weighted by molar-refractivity contribution is 9.10. The van der Waals surface area contributed by atoms with Gasteiger partial charge in [-0.1, -0.05) is 6.07 Å². The van der Waals surface area contributed by atoms with E-state index in [4.69, 9.17) is 21.7 Å². The molecule has 1 fully saturated rings. The van der Waals surface area contributed by atoms with Crippen LogP contribution in [0.3, 0.4) is 0 Å². The fourth-order valence-electron chi connectivity index (χ4n) is 3.19. The second-order valence-electron chi connectivity index (χ2n) is 7.17. The number of amides is 2. The Bertz CT molecular complexity index is 952. The van der Waals surface area contributed by atoms with E-state index < -0.39 is 0 Å². The average Bonchev–Trinajstić information content (AvgIpc) is 2.73. The summed E-state index contributed by atoms with van der Waals surface area (Å²) in [5, 5.41) is 5.68. The summed E-state index contributed by atoms with van der Waals surface area (Å²) in [5.74, 6) is 0.226. The van der Waals surface area contributed by atoms with Crippen LogP contribution >= 0.6 is 28.1 Å². The number of carbonyl (C=O) groups excluding carboxylic acids is 2. The van der Waals surface area contributed by atoms with Gasteiger partial charge in [0.25, 0.3) is 11.8 Å². The second-order valence-corrected chi connectivity index (χ2v) is 8.43. The SMILES string of the molecule is Cc1cc(C)c(OCC(=O)NC(=S)Nc2ccc(C(=O)N3CCOCC3)cc2)c(Br)c1. The van der Waals surface area contributed by atoms with Crippen molar-refractivity contribution in [3.63, 3.8) is 0 Å². The van der Waals surface area contributed by atoms with E-state index in [1.54, 1.807) is 29.2 Å². The maximum absolute atomic E-state index is 12.5. The number of nitrogens with one attached hydrogen (secondary N) is 2. The molecule has 2 aromatic carbocycles. The molecule has 0 spiro atoms. The summed E-state index contributed by atoms with van der Waals surface area (Å²) in [6.45, 7) is 6.05. The van der Waals surface area contributed by atoms with Crippen LogP contribution in [0.2, 0.25) is 0 Å². The highest BCUT2D eigenvalue weighted by Gasteiger charge is 2.18. The van der Waals surface area contributed by atoms with Gasteiger partial charge >= 0.3 is 0 Å². The third-order valence-corrected chi connectivity index (χ3v) is 5.46. The molecule has 0 aliphatic carbocycles. The number of rotatable bonds is 5. The molecule has 0 saturated carbocycles. The van der Waals surface area contributed by atoms with Crippen molar-refractivity contribution in [2.24, 2.45) is 0 Å². The molecule has 0 bridgehead atoms. The van der Waals surface area contributed by atoms with E-state index in [0.717, 1.165) is 15.6 Å². The van der Waals surface area contributed by atoms with Crippen molar-refractivity contribution in [2.75, 3.05) is 38.2 Å². The first kappa shape index (κ1) is 23.2. The Hall–Kier alpha value is -2.49. The van der Waals surface area contributed by atoms with E-state index in [0.29, 0.717) is 43.3 Å². The van der Waals surface area contributed by atoms with Crippen LogP contribution in [0.15, 0.2) is 40.9 Å². The Morgan fingerprint density at radius 2 is 1.84 bits per heavy atom. The van der Waals surface area contributed by atoms with Gasteiger partial charge in [0.2, 0.25) is 0 Å². The van der Waals surface area contributed by atoms with Gasteiger partial charge in [0.1, 0.15) is 5.75 Å². The molecule has 9 heteroatoms. The lowest BCUT2D eigenvalue weighted by Gasteiger charge is -2.26. The van der Waals surface area contributed by atoms with Crippen LogP contribution in [0, 0.1) is 13.8 Å². The Balaban J connectivity index is 1.49. The van der Waals surface area contributed by atoms with E-state index in [1.165, 1.54) is 0 Å². The van der Waals surface area contributed by atoms with Crippen LogP contribution in [0.25, 0.3) is 0 Å². The molecule has 0 radical (unpaired) electrons. The molecule has 1 aliphatic heterocycles. The quantitative estimate of drug-likeness (QED) is 0.606. The smallest absolute Gasteiger partial charge is 0.264 e. The largest absolute Gasteiger partial charge is 0.482 e. The molecule has 1 heterocycles. The average molecular weight is 506 g/mol. The summed E-state index contributed by atoms with van der Waals surface area (Å²) in [6, 6.07) is 10.9. The molecule has 0 aromatic heterocycles. The third-order valence-electron chi connectivity index (χ3n) is 4.66. The molecule has 2 aromatic rings. The number of carbonyl (C=O) groups is 2. The van der Waals surface area contributed by atoms with Crippen molar-refractivity contribution in [3.05, 3.63) is 57.6 Å². The number of nitrogens with zero attached hydrogens (tertiary/aromatic N) is 1. The number of halogens is 1. The lowest BCUT2D eigenvalue weighted by Crippen LogP contribution is -2.40. The van der Waals surface area contributed by atoms with Crippen LogP contribution < -0.4 is 15.4 Å². The number of benzene rings is 2. The van der Waals surface area contributed by atoms with Crippen molar-refractivity contribution in [1.29, 1.82) is 0 Å². The van der Waals surface area contributed by atoms with Crippen molar-refractivity contribution >= 4 is 50.8 Å². The van der Waals surface area contributed by atoms with E-state index in [2.05, 4.69) is 26.6 Å². The van der Waals surface area contributed by atoms with E-state index in [1.807, 2.05) is 26.0 Å². The Kier molecular flexibility index (Phi) is 8.00. The maximum atomic E-state index is 12.5. The Morgan fingerprint density at radius 1 is 1.16 bits per heavy atom. The summed E-state index contributed by atoms with van der Waals surface area (Å²) in [5.41, 5.74) is 3.30. The maximum Gasteiger partial charge on any atom is 0.264 e. The highest BCUT2D eigenvalue weighted by atomic mass is 79.9. The molecule has 3 rings (SSSR count). The lowest BCUT2D eigenvalue weighted by molar-refractivity contribution is -0.121. The molecule has 0 unspecified atom stereocenters. The minimum absolute atomic E-state index is 0.0274. The van der Waals surface area contributed by atoms with Crippen LogP contribution in [0.1, 0.15) is 21.5 Å². The zero-order valence-electron chi connectivity index (χ0n) is 17.4. The molecule has 2 N–H and O–H groups in total. The molecule has 31 heavy (non-hydrogen) atoms. The van der Waals surface area contributed by atoms with Crippen LogP contribution in [-0.4, -0.2) is 54.7 Å². The van der Waals surface area contributed by atoms with Gasteiger partial charge in [0.15, 0.2) is 11.7 Å². The summed E-state index contributed by atoms with van der Waals surface area (Å²) >= 11 is 8.66. The minimum atomic E-state index is -0.372. The monoisotopic (exact) mass is 505 g/mol. The van der Waals surface area contributed by atoms with Gasteiger partial charge in [-0.2, -0.15) is 0 Å². The van der Waals surface area contributed by atoms with Gasteiger partial charge in [-0.25, -0.2) is 0 Å². The second kappa shape index (κ2) is 10.7. The normalized spacial score (nSPS) is 13.5. The predicted octanol–water partition coefficient (Wildman–Crippen LogP) is 3.43. The Labute approximate surface area is 195 Å². The van der Waals surface area contributed by atoms with Crippen LogP contribution in [0.5, 0.6) is 5.75 Å². The van der Waals surface area contributed by atoms with Crippen LogP contribution in [-0.2, 0) is 9.53 Å². The van der Waals surface area contributed by atoms with E-state index >= 15 is 0 Å². The van der Waals surface area contributed by atoms with Gasteiger partial charge in [-0.3, -0.25) is 14.9 Å². The molecule has 0 atom stereocenters. The third kappa shape index (κ3) is 6.49. The Morgan fingerprint density at radius 3 is 2.48 bits per heavy atom. The van der Waals surface area contributed by atoms with Crippen molar-refractivity contribution in [3.8, 4) is 5.75 Å². The van der Waals surface area contributed by atoms with Crippen molar-refractivity contribution < 1.29 is 19.1 Å². The number of ether oxygens (including phenoxy) is 2. The highest BCUT2D eigenvalue weighted by Crippen LogP contribution is 2.30. The van der Waals surface area contributed by atoms with Crippen LogP contribution in [0.4, 0.5) is 5.69 Å². The van der Waals surface area contributed by atoms with E-state index in [-0.39, 0.29) is 23.5 Å². The minimum Gasteiger partial charge on any atom is -0.482 e. The number of aryl methyl sites for hydroxylation is 2. The zero-order valence-corrected chi connectivity index (χ0v) is 19.8. The molecule has 1 aliphatic rings. The van der Waals surface area contributed by atoms with Gasteiger partial charge in [-0.05, 0) is 83.5 Å². The van der Waals surface area contributed by atoms with Crippen molar-refractivity contribution in [1.82, 2.24) is 10.2 Å². The predicted molar refractivity (Wildman–Crippen MR) is 127 cm³/mol. The van der Waals surface area contributed by atoms with Gasteiger partial charge in [0, 0.05) is 24.3 Å². The van der Waals surface area contributed by atoms with Gasteiger partial charge in [0.05, 0.1) is 17.7 Å². The molecule has 7 nitrogen and oxygen atoms in total. The number of hydrogen-bond acceptors (Lipinski definition) is 5. The first-order chi connectivity index (χ1) is 14.8. The number of hydrogen-bond donors (Lipinski definition) is 2. The molecule has 2 amide bonds. The standard InChI is InChI=1S/C22H24BrN3O4S/c1-14-11-15(2)20(18(23)12-14)30-13-19(27)25-22(31)24-17-5-3-16(4-6-17)21(28)26-7-9-29-10-8-26/h3-6,11-12H,7-10,13H2,1-2H3,(H2,24,25,27,31). The zero-order chi connectivity index (χ0) is 22.4. The molecule has 1 saturated heterocycles. The number of morpholine rings is 1. The number of anilines is 1. The molecule has 164 valence electrons. The lowest BCUT2D eigenvalue weighted by atomic mass is 10.1. The fourth-order valence-corrected chi connectivity index (χ4v) is 4.21.